The first-order valence-corrected chi connectivity index (χ1v) is 5.99. The Labute approximate surface area is 96.7 Å². The van der Waals surface area contributed by atoms with Gasteiger partial charge in [-0.05, 0) is 19.4 Å². The highest BCUT2D eigenvalue weighted by Gasteiger charge is 2.15. The summed E-state index contributed by atoms with van der Waals surface area (Å²) in [5.41, 5.74) is 0. The Balaban J connectivity index is 2.01. The zero-order chi connectivity index (χ0) is 11.8. The molecule has 0 atom stereocenters. The van der Waals surface area contributed by atoms with Crippen LogP contribution in [0.3, 0.4) is 0 Å². The Morgan fingerprint density at radius 1 is 1.00 bits per heavy atom. The van der Waals surface area contributed by atoms with Crippen molar-refractivity contribution in [3.05, 3.63) is 0 Å². The summed E-state index contributed by atoms with van der Waals surface area (Å²) in [6.45, 7) is 6.10. The fraction of sp³-hybridized carbons (Fsp3) is 0.909. The lowest BCUT2D eigenvalue weighted by molar-refractivity contribution is -0.137. The van der Waals surface area contributed by atoms with Crippen molar-refractivity contribution in [2.24, 2.45) is 0 Å². The molecule has 0 aromatic rings. The molecule has 0 unspecified atom stereocenters. The lowest BCUT2D eigenvalue weighted by atomic mass is 10.2. The zero-order valence-electron chi connectivity index (χ0n) is 9.77. The molecule has 94 valence electrons. The summed E-state index contributed by atoms with van der Waals surface area (Å²) in [6.07, 6.45) is 2.02. The van der Waals surface area contributed by atoms with Crippen LogP contribution in [0, 0.1) is 0 Å². The largest absolute Gasteiger partial charge is 0.481 e. The number of carboxylic acid groups (broad SMARTS) is 1. The fourth-order valence-corrected chi connectivity index (χ4v) is 1.99. The van der Waals surface area contributed by atoms with E-state index in [9.17, 15) is 4.79 Å². The van der Waals surface area contributed by atoms with E-state index >= 15 is 0 Å². The number of unbranched alkanes of at least 4 members (excludes halogenated alkanes) is 1. The lowest BCUT2D eigenvalue weighted by Crippen LogP contribution is -2.47. The van der Waals surface area contributed by atoms with Crippen LogP contribution < -0.4 is 0 Å². The van der Waals surface area contributed by atoms with Crippen LogP contribution in [0.4, 0.5) is 0 Å². The van der Waals surface area contributed by atoms with Crippen molar-refractivity contribution in [2.75, 3.05) is 45.9 Å². The first kappa shape index (κ1) is 13.4. The highest BCUT2D eigenvalue weighted by Crippen LogP contribution is 2.04. The standard InChI is InChI=1S/C11H22N2O3/c14-10-9-13-7-5-12(6-8-13)4-2-1-3-11(15)16/h14H,1-10H2,(H,15,16). The molecule has 0 aromatic heterocycles. The van der Waals surface area contributed by atoms with E-state index in [-0.39, 0.29) is 13.0 Å². The number of β-amino-alcohol motifs (C(OH)–C–C–N with tert-alkyl or cyclic N) is 1. The minimum Gasteiger partial charge on any atom is -0.481 e. The van der Waals surface area contributed by atoms with E-state index in [1.54, 1.807) is 0 Å². The fourth-order valence-electron chi connectivity index (χ4n) is 1.99. The van der Waals surface area contributed by atoms with Crippen molar-refractivity contribution in [2.45, 2.75) is 19.3 Å². The summed E-state index contributed by atoms with van der Waals surface area (Å²) < 4.78 is 0. The van der Waals surface area contributed by atoms with Crippen molar-refractivity contribution in [1.82, 2.24) is 9.80 Å². The quantitative estimate of drug-likeness (QED) is 0.596. The molecule has 1 rings (SSSR count). The Bertz CT molecular complexity index is 203. The highest BCUT2D eigenvalue weighted by molar-refractivity contribution is 5.66. The third-order valence-electron chi connectivity index (χ3n) is 3.00. The molecule has 0 amide bonds. The second kappa shape index (κ2) is 7.60. The van der Waals surface area contributed by atoms with Crippen LogP contribution in [-0.2, 0) is 4.79 Å². The van der Waals surface area contributed by atoms with E-state index in [1.807, 2.05) is 0 Å². The molecule has 1 aliphatic rings. The molecular formula is C11H22N2O3. The number of hydrogen-bond acceptors (Lipinski definition) is 4. The average Bonchev–Trinajstić information content (AvgIpc) is 2.27. The van der Waals surface area contributed by atoms with Gasteiger partial charge in [0.25, 0.3) is 0 Å². The summed E-state index contributed by atoms with van der Waals surface area (Å²) in [7, 11) is 0. The molecule has 5 nitrogen and oxygen atoms in total. The number of nitrogens with zero attached hydrogens (tertiary/aromatic N) is 2. The van der Waals surface area contributed by atoms with Gasteiger partial charge < -0.3 is 15.1 Å². The van der Waals surface area contributed by atoms with Gasteiger partial charge in [0, 0.05) is 39.1 Å². The summed E-state index contributed by atoms with van der Waals surface area (Å²) >= 11 is 0. The second-order valence-electron chi connectivity index (χ2n) is 4.26. The van der Waals surface area contributed by atoms with E-state index < -0.39 is 5.97 Å². The molecule has 0 aromatic carbocycles. The van der Waals surface area contributed by atoms with E-state index in [4.69, 9.17) is 10.2 Å². The number of rotatable bonds is 7. The Kier molecular flexibility index (Phi) is 6.37. The van der Waals surface area contributed by atoms with E-state index in [1.165, 1.54) is 0 Å². The van der Waals surface area contributed by atoms with Gasteiger partial charge in [-0.1, -0.05) is 0 Å². The maximum Gasteiger partial charge on any atom is 0.303 e. The number of carboxylic acids is 1. The number of aliphatic hydroxyl groups is 1. The zero-order valence-corrected chi connectivity index (χ0v) is 9.77. The number of aliphatic hydroxyl groups excluding tert-OH is 1. The molecule has 0 spiro atoms. The van der Waals surface area contributed by atoms with Gasteiger partial charge in [-0.15, -0.1) is 0 Å². The minimum absolute atomic E-state index is 0.235. The summed E-state index contributed by atoms with van der Waals surface area (Å²) in [5.74, 6) is -0.701. The monoisotopic (exact) mass is 230 g/mol. The lowest BCUT2D eigenvalue weighted by Gasteiger charge is -2.34. The molecule has 2 N–H and O–H groups in total. The number of piperazine rings is 1. The normalized spacial score (nSPS) is 18.8. The Hall–Kier alpha value is -0.650. The van der Waals surface area contributed by atoms with Gasteiger partial charge in [-0.3, -0.25) is 9.69 Å². The van der Waals surface area contributed by atoms with Crippen LogP contribution in [0.1, 0.15) is 19.3 Å². The predicted molar refractivity (Wildman–Crippen MR) is 61.5 cm³/mol. The maximum atomic E-state index is 10.3. The van der Waals surface area contributed by atoms with E-state index in [2.05, 4.69) is 9.80 Å². The summed E-state index contributed by atoms with van der Waals surface area (Å²) in [5, 5.41) is 17.3. The van der Waals surface area contributed by atoms with Gasteiger partial charge >= 0.3 is 5.97 Å². The van der Waals surface area contributed by atoms with Gasteiger partial charge in [-0.25, -0.2) is 0 Å². The van der Waals surface area contributed by atoms with Gasteiger partial charge in [-0.2, -0.15) is 0 Å². The molecule has 0 aliphatic carbocycles. The van der Waals surface area contributed by atoms with Crippen LogP contribution in [-0.4, -0.2) is 71.9 Å². The second-order valence-corrected chi connectivity index (χ2v) is 4.26. The van der Waals surface area contributed by atoms with E-state index in [0.29, 0.717) is 0 Å². The third-order valence-corrected chi connectivity index (χ3v) is 3.00. The van der Waals surface area contributed by atoms with Crippen molar-refractivity contribution in [1.29, 1.82) is 0 Å². The van der Waals surface area contributed by atoms with Gasteiger partial charge in [0.2, 0.25) is 0 Å². The van der Waals surface area contributed by atoms with Crippen LogP contribution in [0.5, 0.6) is 0 Å². The third kappa shape index (κ3) is 5.44. The molecule has 1 heterocycles. The van der Waals surface area contributed by atoms with Crippen LogP contribution in [0.25, 0.3) is 0 Å². The van der Waals surface area contributed by atoms with Crippen LogP contribution in [0.2, 0.25) is 0 Å². The van der Waals surface area contributed by atoms with Gasteiger partial charge in [0.05, 0.1) is 6.61 Å². The smallest absolute Gasteiger partial charge is 0.303 e. The summed E-state index contributed by atoms with van der Waals surface area (Å²) in [4.78, 5) is 14.9. The van der Waals surface area contributed by atoms with Gasteiger partial charge in [0.15, 0.2) is 0 Å². The number of aliphatic carboxylic acids is 1. The van der Waals surface area contributed by atoms with Crippen molar-refractivity contribution >= 4 is 5.97 Å². The molecule has 1 aliphatic heterocycles. The molecule has 0 radical (unpaired) electrons. The predicted octanol–water partition coefficient (Wildman–Crippen LogP) is -0.149. The SMILES string of the molecule is O=C(O)CCCCN1CCN(CCO)CC1. The molecule has 1 fully saturated rings. The van der Waals surface area contributed by atoms with Crippen LogP contribution >= 0.6 is 0 Å². The highest BCUT2D eigenvalue weighted by atomic mass is 16.4. The minimum atomic E-state index is -0.701. The topological polar surface area (TPSA) is 64.0 Å². The first-order valence-electron chi connectivity index (χ1n) is 5.99. The maximum absolute atomic E-state index is 10.3. The van der Waals surface area contributed by atoms with Crippen LogP contribution in [0.15, 0.2) is 0 Å². The Morgan fingerprint density at radius 3 is 2.06 bits per heavy atom. The molecule has 0 saturated carbocycles. The first-order chi connectivity index (χ1) is 7.72. The molecule has 5 heteroatoms. The number of hydrogen-bond donors (Lipinski definition) is 2. The number of carbonyl (C=O) groups is 1. The van der Waals surface area contributed by atoms with Crippen molar-refractivity contribution < 1.29 is 15.0 Å². The van der Waals surface area contributed by atoms with Crippen molar-refractivity contribution in [3.8, 4) is 0 Å². The van der Waals surface area contributed by atoms with Gasteiger partial charge in [0.1, 0.15) is 0 Å². The molecule has 16 heavy (non-hydrogen) atoms. The molecule has 0 bridgehead atoms. The Morgan fingerprint density at radius 2 is 1.56 bits per heavy atom. The van der Waals surface area contributed by atoms with Crippen molar-refractivity contribution in [3.63, 3.8) is 0 Å². The molecular weight excluding hydrogens is 208 g/mol. The molecule has 1 saturated heterocycles. The summed E-state index contributed by atoms with van der Waals surface area (Å²) in [6, 6.07) is 0. The average molecular weight is 230 g/mol. The van der Waals surface area contributed by atoms with E-state index in [0.717, 1.165) is 52.1 Å².